The van der Waals surface area contributed by atoms with Gasteiger partial charge in [-0.05, 0) is 37.6 Å². The number of rotatable bonds is 6. The molecule has 0 aliphatic heterocycles. The monoisotopic (exact) mass is 416 g/mol. The minimum Gasteiger partial charge on any atom is -0.496 e. The standard InChI is InChI=1S/C20H21F5N2O2/c1-5-27(3)11-26-17-10-18(29-4)15(8-12(17)2)19(28,20(23,24)25)14-7-6-13(21)9-16(14)22/h6-11,28H,5H2,1-4H3/b26-11+. The molecule has 1 atom stereocenters. The van der Waals surface area contributed by atoms with Gasteiger partial charge in [0.2, 0.25) is 5.60 Å². The maximum Gasteiger partial charge on any atom is 0.426 e. The lowest BCUT2D eigenvalue weighted by Gasteiger charge is -2.33. The number of aliphatic hydroxyl groups is 1. The van der Waals surface area contributed by atoms with Crippen molar-refractivity contribution in [3.63, 3.8) is 0 Å². The van der Waals surface area contributed by atoms with Gasteiger partial charge >= 0.3 is 6.18 Å². The summed E-state index contributed by atoms with van der Waals surface area (Å²) in [6, 6.07) is 3.75. The van der Waals surface area contributed by atoms with Crippen LogP contribution in [0.4, 0.5) is 27.6 Å². The van der Waals surface area contributed by atoms with Crippen molar-refractivity contribution in [2.45, 2.75) is 25.6 Å². The fourth-order valence-electron chi connectivity index (χ4n) is 2.74. The van der Waals surface area contributed by atoms with E-state index in [0.717, 1.165) is 13.2 Å². The number of alkyl halides is 3. The van der Waals surface area contributed by atoms with Crippen LogP contribution in [-0.2, 0) is 5.60 Å². The Kier molecular flexibility index (Phi) is 6.52. The Morgan fingerprint density at radius 3 is 2.31 bits per heavy atom. The Hall–Kier alpha value is -2.68. The van der Waals surface area contributed by atoms with Crippen molar-refractivity contribution < 1.29 is 31.8 Å². The number of methoxy groups -OCH3 is 1. The first-order valence-corrected chi connectivity index (χ1v) is 8.63. The quantitative estimate of drug-likeness (QED) is 0.422. The molecule has 2 aromatic carbocycles. The van der Waals surface area contributed by atoms with E-state index in [1.165, 1.54) is 19.3 Å². The summed E-state index contributed by atoms with van der Waals surface area (Å²) in [6.45, 7) is 4.05. The highest BCUT2D eigenvalue weighted by molar-refractivity contribution is 5.66. The maximum atomic E-state index is 14.3. The van der Waals surface area contributed by atoms with Crippen LogP contribution in [-0.4, -0.2) is 43.2 Å². The third-order valence-electron chi connectivity index (χ3n) is 4.53. The molecule has 0 aliphatic rings. The molecular weight excluding hydrogens is 395 g/mol. The zero-order chi connectivity index (χ0) is 22.0. The van der Waals surface area contributed by atoms with Gasteiger partial charge in [-0.1, -0.05) is 0 Å². The second-order valence-corrected chi connectivity index (χ2v) is 6.49. The van der Waals surface area contributed by atoms with Crippen molar-refractivity contribution in [2.75, 3.05) is 20.7 Å². The SMILES string of the molecule is CCN(C)/C=N/c1cc(OC)c(C(O)(c2ccc(F)cc2F)C(F)(F)F)cc1C. The summed E-state index contributed by atoms with van der Waals surface area (Å²) in [5, 5.41) is 10.7. The van der Waals surface area contributed by atoms with Crippen molar-refractivity contribution >= 4 is 12.0 Å². The molecular formula is C20H21F5N2O2. The van der Waals surface area contributed by atoms with E-state index in [2.05, 4.69) is 4.99 Å². The van der Waals surface area contributed by atoms with Crippen LogP contribution in [0, 0.1) is 18.6 Å². The molecule has 2 aromatic rings. The smallest absolute Gasteiger partial charge is 0.426 e. The Morgan fingerprint density at radius 2 is 1.79 bits per heavy atom. The van der Waals surface area contributed by atoms with E-state index in [0.29, 0.717) is 29.9 Å². The molecule has 158 valence electrons. The molecule has 4 nitrogen and oxygen atoms in total. The first kappa shape index (κ1) is 22.6. The van der Waals surface area contributed by atoms with Crippen molar-refractivity contribution in [1.82, 2.24) is 4.90 Å². The van der Waals surface area contributed by atoms with Crippen molar-refractivity contribution in [3.05, 3.63) is 58.7 Å². The molecule has 1 N–H and O–H groups in total. The van der Waals surface area contributed by atoms with Gasteiger partial charge in [0.15, 0.2) is 0 Å². The average Bonchev–Trinajstić information content (AvgIpc) is 2.65. The van der Waals surface area contributed by atoms with Crippen LogP contribution in [0.5, 0.6) is 5.75 Å². The summed E-state index contributed by atoms with van der Waals surface area (Å²) in [5.74, 6) is -2.94. The van der Waals surface area contributed by atoms with Crippen LogP contribution in [0.25, 0.3) is 0 Å². The lowest BCUT2D eigenvalue weighted by molar-refractivity contribution is -0.249. The minimum atomic E-state index is -5.32. The van der Waals surface area contributed by atoms with Gasteiger partial charge in [0, 0.05) is 36.9 Å². The van der Waals surface area contributed by atoms with Gasteiger partial charge < -0.3 is 14.7 Å². The van der Waals surface area contributed by atoms with Gasteiger partial charge in [-0.3, -0.25) is 0 Å². The van der Waals surface area contributed by atoms with E-state index in [1.807, 2.05) is 6.92 Å². The highest BCUT2D eigenvalue weighted by Gasteiger charge is 2.59. The topological polar surface area (TPSA) is 45.1 Å². The van der Waals surface area contributed by atoms with E-state index in [4.69, 9.17) is 4.74 Å². The molecule has 0 radical (unpaired) electrons. The zero-order valence-corrected chi connectivity index (χ0v) is 16.3. The number of aliphatic imine (C=N–C) groups is 1. The van der Waals surface area contributed by atoms with Gasteiger partial charge in [-0.25, -0.2) is 13.8 Å². The third kappa shape index (κ3) is 4.34. The number of hydrogen-bond acceptors (Lipinski definition) is 3. The summed E-state index contributed by atoms with van der Waals surface area (Å²) in [5.41, 5.74) is -5.00. The Balaban J connectivity index is 2.75. The molecule has 0 amide bonds. The predicted octanol–water partition coefficient (Wildman–Crippen LogP) is 4.69. The highest BCUT2D eigenvalue weighted by Crippen LogP contribution is 2.49. The fourth-order valence-corrected chi connectivity index (χ4v) is 2.74. The number of benzene rings is 2. The van der Waals surface area contributed by atoms with Crippen LogP contribution in [0.2, 0.25) is 0 Å². The molecule has 0 bridgehead atoms. The van der Waals surface area contributed by atoms with E-state index in [1.54, 1.807) is 11.9 Å². The van der Waals surface area contributed by atoms with Crippen molar-refractivity contribution in [2.24, 2.45) is 4.99 Å². The Bertz CT molecular complexity index is 914. The number of hydrogen-bond donors (Lipinski definition) is 1. The van der Waals surface area contributed by atoms with Crippen LogP contribution >= 0.6 is 0 Å². The summed E-state index contributed by atoms with van der Waals surface area (Å²) in [6.07, 6.45) is -3.82. The van der Waals surface area contributed by atoms with Gasteiger partial charge in [-0.2, -0.15) is 13.2 Å². The van der Waals surface area contributed by atoms with Crippen molar-refractivity contribution in [3.8, 4) is 5.75 Å². The Morgan fingerprint density at radius 1 is 1.14 bits per heavy atom. The highest BCUT2D eigenvalue weighted by atomic mass is 19.4. The number of aryl methyl sites for hydroxylation is 1. The summed E-state index contributed by atoms with van der Waals surface area (Å²) >= 11 is 0. The molecule has 29 heavy (non-hydrogen) atoms. The van der Waals surface area contributed by atoms with Crippen molar-refractivity contribution in [1.29, 1.82) is 0 Å². The molecule has 1 unspecified atom stereocenters. The lowest BCUT2D eigenvalue weighted by atomic mass is 9.83. The first-order valence-electron chi connectivity index (χ1n) is 8.63. The van der Waals surface area contributed by atoms with E-state index in [9.17, 15) is 27.1 Å². The molecule has 2 rings (SSSR count). The predicted molar refractivity (Wildman–Crippen MR) is 99.6 cm³/mol. The van der Waals surface area contributed by atoms with Gasteiger partial charge in [-0.15, -0.1) is 0 Å². The second-order valence-electron chi connectivity index (χ2n) is 6.49. The van der Waals surface area contributed by atoms with E-state index >= 15 is 0 Å². The van der Waals surface area contributed by atoms with Crippen LogP contribution in [0.1, 0.15) is 23.6 Å². The fraction of sp³-hybridized carbons (Fsp3) is 0.350. The average molecular weight is 416 g/mol. The van der Waals surface area contributed by atoms with Gasteiger partial charge in [0.1, 0.15) is 17.4 Å². The number of nitrogens with zero attached hydrogens (tertiary/aromatic N) is 2. The van der Waals surface area contributed by atoms with Gasteiger partial charge in [0.05, 0.1) is 19.1 Å². The molecule has 0 aliphatic carbocycles. The molecule has 0 spiro atoms. The minimum absolute atomic E-state index is 0.282. The number of halogens is 5. The molecule has 0 fully saturated rings. The normalized spacial score (nSPS) is 14.1. The zero-order valence-electron chi connectivity index (χ0n) is 16.3. The molecule has 0 heterocycles. The summed E-state index contributed by atoms with van der Waals surface area (Å²) < 4.78 is 74.5. The molecule has 0 saturated heterocycles. The largest absolute Gasteiger partial charge is 0.496 e. The molecule has 9 heteroatoms. The molecule has 0 aromatic heterocycles. The first-order chi connectivity index (χ1) is 13.4. The Labute approximate surface area is 165 Å². The maximum absolute atomic E-state index is 14.3. The lowest BCUT2D eigenvalue weighted by Crippen LogP contribution is -2.44. The second kappa shape index (κ2) is 8.36. The third-order valence-corrected chi connectivity index (χ3v) is 4.53. The van der Waals surface area contributed by atoms with Crippen LogP contribution in [0.15, 0.2) is 35.3 Å². The van der Waals surface area contributed by atoms with E-state index < -0.39 is 34.5 Å². The number of ether oxygens (including phenoxy) is 1. The van der Waals surface area contributed by atoms with Gasteiger partial charge in [0.25, 0.3) is 0 Å². The summed E-state index contributed by atoms with van der Waals surface area (Å²) in [7, 11) is 2.89. The summed E-state index contributed by atoms with van der Waals surface area (Å²) in [4.78, 5) is 5.96. The van der Waals surface area contributed by atoms with Crippen LogP contribution in [0.3, 0.4) is 0 Å². The van der Waals surface area contributed by atoms with E-state index in [-0.39, 0.29) is 11.8 Å². The van der Waals surface area contributed by atoms with Crippen LogP contribution < -0.4 is 4.74 Å². The molecule has 0 saturated carbocycles.